The lowest BCUT2D eigenvalue weighted by Gasteiger charge is -2.16. The first kappa shape index (κ1) is 17.9. The Morgan fingerprint density at radius 1 is 1.43 bits per heavy atom. The maximum absolute atomic E-state index is 12.1. The van der Waals surface area contributed by atoms with Gasteiger partial charge in [-0.1, -0.05) is 24.9 Å². The highest BCUT2D eigenvalue weighted by Crippen LogP contribution is 2.12. The Morgan fingerprint density at radius 2 is 2.19 bits per heavy atom. The number of methoxy groups -OCH3 is 1. The maximum Gasteiger partial charge on any atom is 0.251 e. The fraction of sp³-hybridized carbons (Fsp3) is 0.600. The van der Waals surface area contributed by atoms with Crippen LogP contribution in [0.25, 0.3) is 0 Å². The van der Waals surface area contributed by atoms with Gasteiger partial charge in [-0.25, -0.2) is 4.98 Å². The van der Waals surface area contributed by atoms with Gasteiger partial charge in [0.2, 0.25) is 0 Å². The van der Waals surface area contributed by atoms with Crippen LogP contribution in [0, 0.1) is 0 Å². The predicted octanol–water partition coefficient (Wildman–Crippen LogP) is 2.00. The van der Waals surface area contributed by atoms with E-state index in [0.717, 1.165) is 31.6 Å². The van der Waals surface area contributed by atoms with Crippen molar-refractivity contribution in [2.24, 2.45) is 0 Å². The minimum Gasteiger partial charge on any atom is -0.383 e. The number of ether oxygens (including phenoxy) is 1. The van der Waals surface area contributed by atoms with Crippen LogP contribution in [0.2, 0.25) is 5.15 Å². The summed E-state index contributed by atoms with van der Waals surface area (Å²) in [6.07, 6.45) is 1.79. The predicted molar refractivity (Wildman–Crippen MR) is 84.9 cm³/mol. The lowest BCUT2D eigenvalue weighted by Crippen LogP contribution is -2.34. The smallest absolute Gasteiger partial charge is 0.251 e. The summed E-state index contributed by atoms with van der Waals surface area (Å²) in [5, 5.41) is 3.26. The molecule has 0 aliphatic carbocycles. The molecule has 0 unspecified atom stereocenters. The normalized spacial score (nSPS) is 10.9. The number of aromatic nitrogens is 1. The molecule has 118 valence electrons. The number of hydrogen-bond acceptors (Lipinski definition) is 4. The highest BCUT2D eigenvalue weighted by molar-refractivity contribution is 6.29. The molecular weight excluding hydrogens is 290 g/mol. The first-order valence-corrected chi connectivity index (χ1v) is 7.56. The quantitative estimate of drug-likeness (QED) is 0.708. The van der Waals surface area contributed by atoms with Crippen LogP contribution in [0.15, 0.2) is 12.1 Å². The van der Waals surface area contributed by atoms with Crippen molar-refractivity contribution in [3.8, 4) is 0 Å². The number of nitrogens with zero attached hydrogens (tertiary/aromatic N) is 2. The molecule has 1 heterocycles. The van der Waals surface area contributed by atoms with Gasteiger partial charge < -0.3 is 15.0 Å². The molecule has 0 aromatic carbocycles. The Morgan fingerprint density at radius 3 is 2.86 bits per heavy atom. The maximum atomic E-state index is 12.1. The van der Waals surface area contributed by atoms with E-state index >= 15 is 0 Å². The molecule has 1 aromatic rings. The minimum atomic E-state index is -0.114. The Bertz CT molecular complexity index is 455. The molecule has 0 saturated heterocycles. The van der Waals surface area contributed by atoms with E-state index < -0.39 is 0 Å². The largest absolute Gasteiger partial charge is 0.383 e. The van der Waals surface area contributed by atoms with Crippen molar-refractivity contribution in [2.45, 2.75) is 19.8 Å². The average molecular weight is 314 g/mol. The first-order valence-electron chi connectivity index (χ1n) is 7.19. The fourth-order valence-corrected chi connectivity index (χ4v) is 2.11. The van der Waals surface area contributed by atoms with E-state index in [1.807, 2.05) is 7.05 Å². The summed E-state index contributed by atoms with van der Waals surface area (Å²) in [7, 11) is 3.67. The standard InChI is InChI=1S/C15H24ClN3O2/c1-4-5-13-10-12(11-14(16)18-13)15(20)17-6-7-19(2)8-9-21-3/h10-11H,4-9H2,1-3H3,(H,17,20). The van der Waals surface area contributed by atoms with Gasteiger partial charge in [-0.15, -0.1) is 0 Å². The number of carbonyl (C=O) groups is 1. The fourth-order valence-electron chi connectivity index (χ4n) is 1.89. The zero-order valence-electron chi connectivity index (χ0n) is 13.0. The molecule has 0 fully saturated rings. The second-order valence-electron chi connectivity index (χ2n) is 4.97. The lowest BCUT2D eigenvalue weighted by atomic mass is 10.1. The summed E-state index contributed by atoms with van der Waals surface area (Å²) in [5.41, 5.74) is 1.42. The van der Waals surface area contributed by atoms with E-state index in [-0.39, 0.29) is 5.91 Å². The summed E-state index contributed by atoms with van der Waals surface area (Å²) < 4.78 is 5.01. The zero-order chi connectivity index (χ0) is 15.7. The van der Waals surface area contributed by atoms with Crippen LogP contribution in [0.1, 0.15) is 29.4 Å². The molecule has 0 aliphatic heterocycles. The molecule has 0 saturated carbocycles. The van der Waals surface area contributed by atoms with E-state index in [4.69, 9.17) is 16.3 Å². The molecule has 0 radical (unpaired) electrons. The molecule has 1 amide bonds. The van der Waals surface area contributed by atoms with Gasteiger partial charge in [-0.3, -0.25) is 4.79 Å². The number of pyridine rings is 1. The molecular formula is C15H24ClN3O2. The topological polar surface area (TPSA) is 54.5 Å². The summed E-state index contributed by atoms with van der Waals surface area (Å²) in [4.78, 5) is 18.4. The number of hydrogen-bond donors (Lipinski definition) is 1. The Balaban J connectivity index is 2.48. The highest BCUT2D eigenvalue weighted by atomic mass is 35.5. The second kappa shape index (κ2) is 9.71. The summed E-state index contributed by atoms with van der Waals surface area (Å²) >= 11 is 5.96. The third-order valence-electron chi connectivity index (χ3n) is 3.07. The van der Waals surface area contributed by atoms with Gasteiger partial charge in [-0.05, 0) is 25.6 Å². The number of halogens is 1. The van der Waals surface area contributed by atoms with E-state index in [2.05, 4.69) is 22.1 Å². The van der Waals surface area contributed by atoms with Crippen molar-refractivity contribution in [3.05, 3.63) is 28.5 Å². The van der Waals surface area contributed by atoms with Crippen LogP contribution >= 0.6 is 11.6 Å². The van der Waals surface area contributed by atoms with Crippen molar-refractivity contribution in [1.29, 1.82) is 0 Å². The summed E-state index contributed by atoms with van der Waals surface area (Å²) in [5.74, 6) is -0.114. The van der Waals surface area contributed by atoms with Gasteiger partial charge >= 0.3 is 0 Å². The molecule has 5 nitrogen and oxygen atoms in total. The van der Waals surface area contributed by atoms with Crippen molar-refractivity contribution in [3.63, 3.8) is 0 Å². The van der Waals surface area contributed by atoms with Crippen molar-refractivity contribution >= 4 is 17.5 Å². The van der Waals surface area contributed by atoms with Gasteiger partial charge in [0.05, 0.1) is 6.61 Å². The van der Waals surface area contributed by atoms with Gasteiger partial charge in [-0.2, -0.15) is 0 Å². The number of aryl methyl sites for hydroxylation is 1. The lowest BCUT2D eigenvalue weighted by molar-refractivity contribution is 0.0947. The number of likely N-dealkylation sites (N-methyl/N-ethyl adjacent to an activating group) is 1. The van der Waals surface area contributed by atoms with Gasteiger partial charge in [0.25, 0.3) is 5.91 Å². The molecule has 6 heteroatoms. The minimum absolute atomic E-state index is 0.114. The highest BCUT2D eigenvalue weighted by Gasteiger charge is 2.09. The molecule has 0 aliphatic rings. The number of carbonyl (C=O) groups excluding carboxylic acids is 1. The van der Waals surface area contributed by atoms with Crippen molar-refractivity contribution < 1.29 is 9.53 Å². The Kier molecular flexibility index (Phi) is 8.27. The first-order chi connectivity index (χ1) is 10.1. The molecule has 1 aromatic heterocycles. The zero-order valence-corrected chi connectivity index (χ0v) is 13.7. The molecule has 1 rings (SSSR count). The third kappa shape index (κ3) is 6.89. The van der Waals surface area contributed by atoms with Crippen LogP contribution in [-0.2, 0) is 11.2 Å². The molecule has 0 spiro atoms. The Hall–Kier alpha value is -1.17. The van der Waals surface area contributed by atoms with Crippen LogP contribution < -0.4 is 5.32 Å². The summed E-state index contributed by atoms with van der Waals surface area (Å²) in [6, 6.07) is 3.41. The van der Waals surface area contributed by atoms with E-state index in [1.165, 1.54) is 0 Å². The van der Waals surface area contributed by atoms with Crippen LogP contribution in [0.4, 0.5) is 0 Å². The summed E-state index contributed by atoms with van der Waals surface area (Å²) in [6.45, 7) is 4.95. The molecule has 0 atom stereocenters. The van der Waals surface area contributed by atoms with Gasteiger partial charge in [0.1, 0.15) is 5.15 Å². The van der Waals surface area contributed by atoms with E-state index in [9.17, 15) is 4.79 Å². The van der Waals surface area contributed by atoms with Gasteiger partial charge in [0.15, 0.2) is 0 Å². The monoisotopic (exact) mass is 313 g/mol. The van der Waals surface area contributed by atoms with Crippen molar-refractivity contribution in [1.82, 2.24) is 15.2 Å². The van der Waals surface area contributed by atoms with Gasteiger partial charge in [0, 0.05) is 38.0 Å². The second-order valence-corrected chi connectivity index (χ2v) is 5.36. The van der Waals surface area contributed by atoms with Crippen LogP contribution in [-0.4, -0.2) is 56.2 Å². The van der Waals surface area contributed by atoms with E-state index in [0.29, 0.717) is 23.9 Å². The number of nitrogens with one attached hydrogen (secondary N) is 1. The number of rotatable bonds is 9. The van der Waals surface area contributed by atoms with Crippen molar-refractivity contribution in [2.75, 3.05) is 40.4 Å². The average Bonchev–Trinajstić information content (AvgIpc) is 2.44. The number of amides is 1. The Labute approximate surface area is 131 Å². The molecule has 1 N–H and O–H groups in total. The third-order valence-corrected chi connectivity index (χ3v) is 3.27. The SMILES string of the molecule is CCCc1cc(C(=O)NCCN(C)CCOC)cc(Cl)n1. The van der Waals surface area contributed by atoms with Crippen LogP contribution in [0.3, 0.4) is 0 Å². The van der Waals surface area contributed by atoms with Crippen LogP contribution in [0.5, 0.6) is 0 Å². The molecule has 0 bridgehead atoms. The van der Waals surface area contributed by atoms with E-state index in [1.54, 1.807) is 19.2 Å². The molecule has 21 heavy (non-hydrogen) atoms.